The number of rotatable bonds is 2. The van der Waals surface area contributed by atoms with Crippen LogP contribution in [0, 0.1) is 5.82 Å². The average Bonchev–Trinajstić information content (AvgIpc) is 2.07. The molecule has 0 N–H and O–H groups in total. The maximum atomic E-state index is 13.4. The quantitative estimate of drug-likeness (QED) is 0.683. The number of ether oxygens (including phenoxy) is 1. The van der Waals surface area contributed by atoms with Crippen molar-refractivity contribution in [2.75, 3.05) is 0 Å². The molecule has 0 amide bonds. The van der Waals surface area contributed by atoms with Crippen LogP contribution in [0.4, 0.5) is 4.39 Å². The van der Waals surface area contributed by atoms with Crippen molar-refractivity contribution in [2.45, 2.75) is 26.2 Å². The minimum Gasteiger partial charge on any atom is -0.459 e. The van der Waals surface area contributed by atoms with Gasteiger partial charge in [-0.1, -0.05) is 11.6 Å². The lowest BCUT2D eigenvalue weighted by atomic mass is 9.91. The molecule has 1 nitrogen and oxygen atoms in total. The van der Waals surface area contributed by atoms with Crippen LogP contribution in [0.5, 0.6) is 5.75 Å². The van der Waals surface area contributed by atoms with Crippen LogP contribution in [-0.2, 0) is 0 Å². The Hall–Kier alpha value is -1.02. The highest BCUT2D eigenvalue weighted by Gasteiger charge is 2.14. The SMILES string of the molecule is CC(Oc1ccc(Cl)cc1F)=C1CCC1. The van der Waals surface area contributed by atoms with Gasteiger partial charge in [0.2, 0.25) is 0 Å². The second-order valence-electron chi connectivity index (χ2n) is 3.69. The van der Waals surface area contributed by atoms with Crippen LogP contribution in [0.2, 0.25) is 5.02 Å². The first-order chi connectivity index (χ1) is 7.16. The van der Waals surface area contributed by atoms with Crippen LogP contribution < -0.4 is 4.74 Å². The van der Waals surface area contributed by atoms with E-state index >= 15 is 0 Å². The minimum absolute atomic E-state index is 0.247. The molecular formula is C12H12ClFO. The fourth-order valence-electron chi connectivity index (χ4n) is 1.50. The average molecular weight is 227 g/mol. The highest BCUT2D eigenvalue weighted by atomic mass is 35.5. The van der Waals surface area contributed by atoms with Crippen molar-refractivity contribution in [3.8, 4) is 5.75 Å². The first-order valence-corrected chi connectivity index (χ1v) is 5.36. The molecule has 15 heavy (non-hydrogen) atoms. The summed E-state index contributed by atoms with van der Waals surface area (Å²) in [6.07, 6.45) is 3.35. The third kappa shape index (κ3) is 2.32. The molecule has 1 aromatic carbocycles. The monoisotopic (exact) mass is 226 g/mol. The topological polar surface area (TPSA) is 9.23 Å². The Kier molecular flexibility index (Phi) is 2.96. The lowest BCUT2D eigenvalue weighted by Gasteiger charge is -2.20. The van der Waals surface area contributed by atoms with Crippen LogP contribution in [0.25, 0.3) is 0 Å². The summed E-state index contributed by atoms with van der Waals surface area (Å²) in [7, 11) is 0. The number of hydrogen-bond donors (Lipinski definition) is 0. The Morgan fingerprint density at radius 2 is 2.13 bits per heavy atom. The predicted octanol–water partition coefficient (Wildman–Crippen LogP) is 4.32. The Morgan fingerprint density at radius 1 is 1.40 bits per heavy atom. The third-order valence-corrected chi connectivity index (χ3v) is 2.85. The molecule has 1 aliphatic carbocycles. The van der Waals surface area contributed by atoms with Gasteiger partial charge in [-0.25, -0.2) is 4.39 Å². The summed E-state index contributed by atoms with van der Waals surface area (Å²) in [5.41, 5.74) is 1.28. The van der Waals surface area contributed by atoms with Gasteiger partial charge in [0.05, 0.1) is 0 Å². The van der Waals surface area contributed by atoms with Crippen molar-refractivity contribution in [3.63, 3.8) is 0 Å². The zero-order valence-electron chi connectivity index (χ0n) is 8.52. The van der Waals surface area contributed by atoms with Crippen LogP contribution in [0.15, 0.2) is 29.5 Å². The van der Waals surface area contributed by atoms with E-state index in [1.807, 2.05) is 6.92 Å². The Morgan fingerprint density at radius 3 is 2.67 bits per heavy atom. The van der Waals surface area contributed by atoms with Crippen LogP contribution in [0.1, 0.15) is 26.2 Å². The Labute approximate surface area is 93.5 Å². The van der Waals surface area contributed by atoms with Gasteiger partial charge in [-0.05, 0) is 50.0 Å². The second kappa shape index (κ2) is 4.23. The molecule has 80 valence electrons. The zero-order chi connectivity index (χ0) is 10.8. The molecule has 3 heteroatoms. The van der Waals surface area contributed by atoms with Gasteiger partial charge in [-0.2, -0.15) is 0 Å². The molecule has 1 fully saturated rings. The van der Waals surface area contributed by atoms with E-state index in [4.69, 9.17) is 16.3 Å². The van der Waals surface area contributed by atoms with Gasteiger partial charge in [0.1, 0.15) is 5.76 Å². The smallest absolute Gasteiger partial charge is 0.167 e. The molecule has 0 bridgehead atoms. The molecule has 1 saturated carbocycles. The van der Waals surface area contributed by atoms with Crippen molar-refractivity contribution in [2.24, 2.45) is 0 Å². The van der Waals surface area contributed by atoms with E-state index in [2.05, 4.69) is 0 Å². The molecule has 0 aliphatic heterocycles. The summed E-state index contributed by atoms with van der Waals surface area (Å²) < 4.78 is 18.8. The van der Waals surface area contributed by atoms with Crippen molar-refractivity contribution in [3.05, 3.63) is 40.4 Å². The first kappa shape index (κ1) is 10.5. The fraction of sp³-hybridized carbons (Fsp3) is 0.333. The number of hydrogen-bond acceptors (Lipinski definition) is 1. The number of allylic oxidation sites excluding steroid dienone is 2. The number of halogens is 2. The molecule has 0 spiro atoms. The highest BCUT2D eigenvalue weighted by Crippen LogP contribution is 2.31. The summed E-state index contributed by atoms with van der Waals surface area (Å²) in [6.45, 7) is 1.88. The van der Waals surface area contributed by atoms with Crippen molar-refractivity contribution < 1.29 is 9.13 Å². The van der Waals surface area contributed by atoms with Gasteiger partial charge < -0.3 is 4.74 Å². The van der Waals surface area contributed by atoms with E-state index < -0.39 is 5.82 Å². The van der Waals surface area contributed by atoms with E-state index in [1.54, 1.807) is 12.1 Å². The normalized spacial score (nSPS) is 14.7. The van der Waals surface area contributed by atoms with Crippen LogP contribution in [0.3, 0.4) is 0 Å². The van der Waals surface area contributed by atoms with Gasteiger partial charge in [0.15, 0.2) is 11.6 Å². The van der Waals surface area contributed by atoms with Gasteiger partial charge in [-0.3, -0.25) is 0 Å². The summed E-state index contributed by atoms with van der Waals surface area (Å²) >= 11 is 5.65. The molecule has 0 atom stereocenters. The third-order valence-electron chi connectivity index (χ3n) is 2.61. The van der Waals surface area contributed by atoms with Crippen LogP contribution in [-0.4, -0.2) is 0 Å². The van der Waals surface area contributed by atoms with Crippen molar-refractivity contribution in [1.82, 2.24) is 0 Å². The molecule has 0 radical (unpaired) electrons. The molecule has 0 saturated heterocycles. The molecule has 2 rings (SSSR count). The van der Waals surface area contributed by atoms with E-state index in [1.165, 1.54) is 18.1 Å². The molecule has 0 aromatic heterocycles. The summed E-state index contributed by atoms with van der Waals surface area (Å²) in [6, 6.07) is 4.44. The Balaban J connectivity index is 2.17. The largest absolute Gasteiger partial charge is 0.459 e. The molecular weight excluding hydrogens is 215 g/mol. The van der Waals surface area contributed by atoms with Gasteiger partial charge in [-0.15, -0.1) is 0 Å². The van der Waals surface area contributed by atoms with E-state index in [0.717, 1.165) is 18.6 Å². The molecule has 1 aromatic rings. The van der Waals surface area contributed by atoms with Crippen molar-refractivity contribution >= 4 is 11.6 Å². The maximum Gasteiger partial charge on any atom is 0.167 e. The minimum atomic E-state index is -0.415. The predicted molar refractivity (Wildman–Crippen MR) is 58.6 cm³/mol. The van der Waals surface area contributed by atoms with E-state index in [-0.39, 0.29) is 5.75 Å². The fourth-order valence-corrected chi connectivity index (χ4v) is 1.66. The Bertz CT molecular complexity index is 406. The standard InChI is InChI=1S/C12H12ClFO/c1-8(9-3-2-4-9)15-12-6-5-10(13)7-11(12)14/h5-7H,2-4H2,1H3. The highest BCUT2D eigenvalue weighted by molar-refractivity contribution is 6.30. The molecule has 0 heterocycles. The molecule has 0 unspecified atom stereocenters. The van der Waals surface area contributed by atoms with Crippen molar-refractivity contribution in [1.29, 1.82) is 0 Å². The maximum absolute atomic E-state index is 13.4. The zero-order valence-corrected chi connectivity index (χ0v) is 9.27. The van der Waals surface area contributed by atoms with Crippen LogP contribution >= 0.6 is 11.6 Å². The van der Waals surface area contributed by atoms with Gasteiger partial charge in [0, 0.05) is 5.02 Å². The summed E-state index contributed by atoms with van der Waals surface area (Å²) in [5, 5.41) is 0.383. The van der Waals surface area contributed by atoms with Gasteiger partial charge in [0.25, 0.3) is 0 Å². The number of benzene rings is 1. The second-order valence-corrected chi connectivity index (χ2v) is 4.13. The van der Waals surface area contributed by atoms with Gasteiger partial charge >= 0.3 is 0 Å². The summed E-state index contributed by atoms with van der Waals surface area (Å²) in [5.74, 6) is 0.653. The summed E-state index contributed by atoms with van der Waals surface area (Å²) in [4.78, 5) is 0. The first-order valence-electron chi connectivity index (χ1n) is 4.98. The lowest BCUT2D eigenvalue weighted by Crippen LogP contribution is -2.05. The van der Waals surface area contributed by atoms with E-state index in [0.29, 0.717) is 5.02 Å². The van der Waals surface area contributed by atoms with E-state index in [9.17, 15) is 4.39 Å². The lowest BCUT2D eigenvalue weighted by molar-refractivity contribution is 0.380. The molecule has 1 aliphatic rings.